The second-order valence-electron chi connectivity index (χ2n) is 9.46. The molecule has 0 saturated carbocycles. The van der Waals surface area contributed by atoms with E-state index in [0.717, 1.165) is 17.1 Å². The number of thiocarbonyl (C=S) groups is 1. The number of carbonyl (C=O) groups is 2. The Morgan fingerprint density at radius 3 is 2.56 bits per heavy atom. The van der Waals surface area contributed by atoms with Crippen LogP contribution in [0.15, 0.2) is 85.2 Å². The first kappa shape index (κ1) is 26.4. The number of pyridine rings is 1. The molecule has 5 rings (SSSR count). The Balaban J connectivity index is 1.61. The molecule has 1 aliphatic rings. The van der Waals surface area contributed by atoms with Crippen LogP contribution in [0, 0.1) is 5.92 Å². The molecule has 1 aliphatic heterocycles. The van der Waals surface area contributed by atoms with E-state index in [0.29, 0.717) is 21.5 Å². The normalized spacial score (nSPS) is 16.8. The van der Waals surface area contributed by atoms with Gasteiger partial charge in [0.05, 0.1) is 28.0 Å². The highest BCUT2D eigenvalue weighted by Gasteiger charge is 2.42. The topological polar surface area (TPSA) is 99.5 Å². The van der Waals surface area contributed by atoms with Gasteiger partial charge in [-0.15, -0.1) is 0 Å². The molecule has 3 heterocycles. The molecule has 39 heavy (non-hydrogen) atoms. The van der Waals surface area contributed by atoms with Crippen LogP contribution in [0.4, 0.5) is 11.4 Å². The molecule has 1 saturated heterocycles. The van der Waals surface area contributed by atoms with E-state index in [-0.39, 0.29) is 29.5 Å². The number of aromatic nitrogens is 2. The predicted octanol–water partition coefficient (Wildman–Crippen LogP) is 6.00. The number of benzene rings is 2. The van der Waals surface area contributed by atoms with Gasteiger partial charge in [0.2, 0.25) is 5.91 Å². The van der Waals surface area contributed by atoms with Crippen LogP contribution in [0.2, 0.25) is 5.02 Å². The summed E-state index contributed by atoms with van der Waals surface area (Å²) in [5.41, 5.74) is 3.81. The van der Waals surface area contributed by atoms with E-state index >= 15 is 0 Å². The van der Waals surface area contributed by atoms with Crippen molar-refractivity contribution in [1.82, 2.24) is 14.9 Å². The molecule has 0 spiro atoms. The summed E-state index contributed by atoms with van der Waals surface area (Å²) >= 11 is 12.5. The van der Waals surface area contributed by atoms with Gasteiger partial charge in [-0.2, -0.15) is 0 Å². The van der Waals surface area contributed by atoms with Crippen molar-refractivity contribution >= 4 is 52.2 Å². The molecule has 3 N–H and O–H groups in total. The largest absolute Gasteiger partial charge is 0.478 e. The van der Waals surface area contributed by atoms with Gasteiger partial charge >= 0.3 is 5.97 Å². The third-order valence-electron chi connectivity index (χ3n) is 6.57. The number of hydrogen-bond donors (Lipinski definition) is 3. The summed E-state index contributed by atoms with van der Waals surface area (Å²) in [6.45, 7) is 3.63. The van der Waals surface area contributed by atoms with Crippen LogP contribution >= 0.6 is 23.8 Å². The number of nitrogens with zero attached hydrogens (tertiary/aromatic N) is 3. The lowest BCUT2D eigenvalue weighted by Crippen LogP contribution is -2.30. The van der Waals surface area contributed by atoms with Crippen LogP contribution in [-0.4, -0.2) is 31.6 Å². The Hall–Kier alpha value is -4.21. The second kappa shape index (κ2) is 10.9. The Morgan fingerprint density at radius 2 is 1.87 bits per heavy atom. The number of nitrogens with one attached hydrogen (secondary N) is 2. The number of hydrogen-bond acceptors (Lipinski definition) is 4. The van der Waals surface area contributed by atoms with Crippen molar-refractivity contribution in [2.75, 3.05) is 10.2 Å². The van der Waals surface area contributed by atoms with Crippen LogP contribution in [0.25, 0.3) is 5.69 Å². The average Bonchev–Trinajstić information content (AvgIpc) is 3.54. The van der Waals surface area contributed by atoms with E-state index in [1.165, 1.54) is 0 Å². The Kier molecular flexibility index (Phi) is 7.36. The van der Waals surface area contributed by atoms with Gasteiger partial charge in [-0.05, 0) is 72.9 Å². The minimum absolute atomic E-state index is 0.127. The van der Waals surface area contributed by atoms with Gasteiger partial charge in [-0.1, -0.05) is 37.6 Å². The lowest BCUT2D eigenvalue weighted by molar-refractivity contribution is -0.118. The summed E-state index contributed by atoms with van der Waals surface area (Å²) in [5.74, 6) is -1.31. The SMILES string of the molecule is CC(C)C(=O)Nc1ccc(N2C(=S)NC(c3ccccn3)C2c2cccn2-c2cccc(C(=O)O)c2)cc1Cl. The Morgan fingerprint density at radius 1 is 1.05 bits per heavy atom. The molecular formula is C29H26ClN5O3S. The van der Waals surface area contributed by atoms with Gasteiger partial charge in [0.15, 0.2) is 5.11 Å². The highest BCUT2D eigenvalue weighted by atomic mass is 35.5. The van der Waals surface area contributed by atoms with Crippen molar-refractivity contribution in [3.05, 3.63) is 107 Å². The summed E-state index contributed by atoms with van der Waals surface area (Å²) in [6, 6.07) is 21.1. The van der Waals surface area contributed by atoms with Gasteiger partial charge in [0.25, 0.3) is 0 Å². The van der Waals surface area contributed by atoms with Crippen LogP contribution in [0.1, 0.15) is 47.7 Å². The van der Waals surface area contributed by atoms with E-state index < -0.39 is 5.97 Å². The van der Waals surface area contributed by atoms with Crippen molar-refractivity contribution in [2.45, 2.75) is 25.9 Å². The molecule has 1 amide bonds. The number of carboxylic acid groups (broad SMARTS) is 1. The number of anilines is 2. The fourth-order valence-corrected chi connectivity index (χ4v) is 5.19. The number of rotatable bonds is 7. The molecule has 2 atom stereocenters. The summed E-state index contributed by atoms with van der Waals surface area (Å²) in [6.07, 6.45) is 3.63. The molecule has 2 aromatic carbocycles. The maximum absolute atomic E-state index is 12.2. The molecule has 2 aromatic heterocycles. The quantitative estimate of drug-likeness (QED) is 0.239. The summed E-state index contributed by atoms with van der Waals surface area (Å²) in [7, 11) is 0. The van der Waals surface area contributed by atoms with Crippen molar-refractivity contribution < 1.29 is 14.7 Å². The van der Waals surface area contributed by atoms with Gasteiger partial charge in [-0.3, -0.25) is 9.78 Å². The fraction of sp³-hybridized carbons (Fsp3) is 0.172. The second-order valence-corrected chi connectivity index (χ2v) is 10.3. The molecule has 2 unspecified atom stereocenters. The van der Waals surface area contributed by atoms with Gasteiger partial charge in [-0.25, -0.2) is 4.79 Å². The summed E-state index contributed by atoms with van der Waals surface area (Å²) in [5, 5.41) is 16.7. The summed E-state index contributed by atoms with van der Waals surface area (Å²) in [4.78, 5) is 30.5. The fourth-order valence-electron chi connectivity index (χ4n) is 4.62. The first-order valence-electron chi connectivity index (χ1n) is 12.4. The van der Waals surface area contributed by atoms with Gasteiger partial charge in [0, 0.05) is 35.4 Å². The zero-order valence-electron chi connectivity index (χ0n) is 21.2. The first-order valence-corrected chi connectivity index (χ1v) is 13.1. The number of carboxylic acids is 1. The van der Waals surface area contributed by atoms with Crippen molar-refractivity contribution in [2.24, 2.45) is 5.92 Å². The van der Waals surface area contributed by atoms with E-state index in [1.807, 2.05) is 72.0 Å². The third kappa shape index (κ3) is 5.23. The summed E-state index contributed by atoms with van der Waals surface area (Å²) < 4.78 is 1.95. The van der Waals surface area contributed by atoms with Gasteiger partial charge in [0.1, 0.15) is 6.04 Å². The van der Waals surface area contributed by atoms with Crippen LogP contribution in [-0.2, 0) is 4.79 Å². The molecule has 0 bridgehead atoms. The highest BCUT2D eigenvalue weighted by Crippen LogP contribution is 2.43. The van der Waals surface area contributed by atoms with Crippen LogP contribution in [0.3, 0.4) is 0 Å². The number of amides is 1. The maximum atomic E-state index is 12.2. The Labute approximate surface area is 236 Å². The number of aromatic carboxylic acids is 1. The number of halogens is 1. The monoisotopic (exact) mass is 559 g/mol. The zero-order valence-corrected chi connectivity index (χ0v) is 22.8. The Bertz CT molecular complexity index is 1560. The molecule has 10 heteroatoms. The zero-order chi connectivity index (χ0) is 27.7. The maximum Gasteiger partial charge on any atom is 0.335 e. The third-order valence-corrected chi connectivity index (χ3v) is 7.19. The lowest BCUT2D eigenvalue weighted by atomic mass is 10.0. The van der Waals surface area contributed by atoms with E-state index in [4.69, 9.17) is 23.8 Å². The van der Waals surface area contributed by atoms with Crippen molar-refractivity contribution in [1.29, 1.82) is 0 Å². The van der Waals surface area contributed by atoms with E-state index in [2.05, 4.69) is 15.6 Å². The van der Waals surface area contributed by atoms with Gasteiger partial charge < -0.3 is 25.2 Å². The van der Waals surface area contributed by atoms with E-state index in [9.17, 15) is 14.7 Å². The first-order chi connectivity index (χ1) is 18.7. The number of carbonyl (C=O) groups excluding carboxylic acids is 1. The molecular weight excluding hydrogens is 534 g/mol. The smallest absolute Gasteiger partial charge is 0.335 e. The van der Waals surface area contributed by atoms with Crippen LogP contribution < -0.4 is 15.5 Å². The van der Waals surface area contributed by atoms with Crippen LogP contribution in [0.5, 0.6) is 0 Å². The minimum atomic E-state index is -0.999. The molecule has 4 aromatic rings. The molecule has 0 radical (unpaired) electrons. The molecule has 1 fully saturated rings. The van der Waals surface area contributed by atoms with E-state index in [1.54, 1.807) is 36.5 Å². The standard InChI is InChI=1S/C29H26ClN5O3S/c1-17(2)27(36)32-22-12-11-20(16-21(22)30)35-26(25(33-29(35)39)23-9-3-4-13-31-23)24-10-6-14-34(24)19-8-5-7-18(15-19)28(37)38/h3-17,25-26H,1-2H3,(H,32,36)(H,33,39)(H,37,38). The molecule has 8 nitrogen and oxygen atoms in total. The van der Waals surface area contributed by atoms with Crippen molar-refractivity contribution in [3.8, 4) is 5.69 Å². The predicted molar refractivity (Wildman–Crippen MR) is 156 cm³/mol. The lowest BCUT2D eigenvalue weighted by Gasteiger charge is -2.29. The molecule has 198 valence electrons. The average molecular weight is 560 g/mol. The minimum Gasteiger partial charge on any atom is -0.478 e. The molecule has 0 aliphatic carbocycles. The van der Waals surface area contributed by atoms with Crippen molar-refractivity contribution in [3.63, 3.8) is 0 Å². The highest BCUT2D eigenvalue weighted by molar-refractivity contribution is 7.80.